The number of carbonyl (C=O) groups excluding carboxylic acids is 1. The highest BCUT2D eigenvalue weighted by Gasteiger charge is 2.21. The van der Waals surface area contributed by atoms with Crippen LogP contribution in [-0.2, 0) is 4.79 Å². The van der Waals surface area contributed by atoms with Gasteiger partial charge in [0, 0.05) is 30.0 Å². The summed E-state index contributed by atoms with van der Waals surface area (Å²) >= 11 is 0. The van der Waals surface area contributed by atoms with E-state index in [1.54, 1.807) is 31.0 Å². The van der Waals surface area contributed by atoms with E-state index in [-0.39, 0.29) is 29.6 Å². The maximum absolute atomic E-state index is 14.0. The number of aromatic nitrogens is 4. The Morgan fingerprint density at radius 2 is 2.03 bits per heavy atom. The number of aryl methyl sites for hydroxylation is 1. The predicted molar refractivity (Wildman–Crippen MR) is 121 cm³/mol. The molecular formula is C23H29FN6O. The van der Waals surface area contributed by atoms with Crippen molar-refractivity contribution < 1.29 is 9.18 Å². The number of nitrogens with two attached hydrogens (primary N) is 1. The molecule has 7 nitrogen and oxygen atoms in total. The van der Waals surface area contributed by atoms with Crippen LogP contribution in [-0.4, -0.2) is 43.5 Å². The van der Waals surface area contributed by atoms with Crippen LogP contribution in [0.2, 0.25) is 0 Å². The summed E-state index contributed by atoms with van der Waals surface area (Å²) in [7, 11) is 1.79. The molecule has 0 aliphatic heterocycles. The maximum atomic E-state index is 14.0. The second kappa shape index (κ2) is 8.83. The first-order valence-corrected chi connectivity index (χ1v) is 10.4. The number of fused-ring (bicyclic) bond motifs is 3. The number of nitrogens with zero attached hydrogens (tertiary/aromatic N) is 5. The van der Waals surface area contributed by atoms with Crippen molar-refractivity contribution in [2.24, 2.45) is 0 Å². The SMILES string of the molecule is C=C/C(=C\C)C(=O)N(C)[C@@H](C)CC[C@H](C)c1nc2c3cc(F)cc(C)c3nc(N)n2n1. The molecule has 31 heavy (non-hydrogen) atoms. The van der Waals surface area contributed by atoms with Crippen molar-refractivity contribution in [2.45, 2.75) is 52.5 Å². The van der Waals surface area contributed by atoms with Crippen LogP contribution in [0.15, 0.2) is 36.4 Å². The molecule has 0 fully saturated rings. The van der Waals surface area contributed by atoms with Crippen molar-refractivity contribution in [3.05, 3.63) is 53.6 Å². The number of benzene rings is 1. The molecule has 0 saturated heterocycles. The van der Waals surface area contributed by atoms with E-state index in [1.807, 2.05) is 20.8 Å². The van der Waals surface area contributed by atoms with Crippen LogP contribution >= 0.6 is 0 Å². The van der Waals surface area contributed by atoms with Gasteiger partial charge in [-0.05, 0) is 51.3 Å². The van der Waals surface area contributed by atoms with Gasteiger partial charge in [0.2, 0.25) is 5.95 Å². The Kier molecular flexibility index (Phi) is 6.38. The molecule has 8 heteroatoms. The minimum Gasteiger partial charge on any atom is -0.368 e. The summed E-state index contributed by atoms with van der Waals surface area (Å²) in [5, 5.41) is 5.11. The molecule has 0 spiro atoms. The maximum Gasteiger partial charge on any atom is 0.253 e. The molecule has 2 aromatic heterocycles. The van der Waals surface area contributed by atoms with Crippen LogP contribution in [0.1, 0.15) is 50.9 Å². The molecule has 1 amide bonds. The van der Waals surface area contributed by atoms with Gasteiger partial charge >= 0.3 is 0 Å². The second-order valence-electron chi connectivity index (χ2n) is 7.99. The number of rotatable bonds is 7. The lowest BCUT2D eigenvalue weighted by atomic mass is 10.0. The van der Waals surface area contributed by atoms with Gasteiger partial charge in [-0.3, -0.25) is 4.79 Å². The summed E-state index contributed by atoms with van der Waals surface area (Å²) in [6.45, 7) is 11.4. The third-order valence-electron chi connectivity index (χ3n) is 5.79. The Labute approximate surface area is 181 Å². The first kappa shape index (κ1) is 22.4. The molecule has 164 valence electrons. The quantitative estimate of drug-likeness (QED) is 0.454. The predicted octanol–water partition coefficient (Wildman–Crippen LogP) is 4.17. The summed E-state index contributed by atoms with van der Waals surface area (Å²) in [5.41, 5.74) is 8.49. The van der Waals surface area contributed by atoms with Gasteiger partial charge < -0.3 is 10.6 Å². The number of carbonyl (C=O) groups is 1. The lowest BCUT2D eigenvalue weighted by Crippen LogP contribution is -2.35. The fourth-order valence-electron chi connectivity index (χ4n) is 3.63. The molecule has 3 aromatic rings. The van der Waals surface area contributed by atoms with Crippen molar-refractivity contribution in [1.82, 2.24) is 24.5 Å². The molecule has 0 radical (unpaired) electrons. The fraction of sp³-hybridized carbons (Fsp3) is 0.391. The van der Waals surface area contributed by atoms with Crippen molar-refractivity contribution in [3.8, 4) is 0 Å². The Hall–Kier alpha value is -3.29. The summed E-state index contributed by atoms with van der Waals surface area (Å²) in [6, 6.07) is 2.87. The standard InChI is InChI=1S/C23H29FN6O/c1-7-16(8-2)22(31)29(6)15(5)10-9-13(3)20-27-21-18-12-17(24)11-14(4)19(18)26-23(25)30(21)28-20/h7-8,11-13,15H,1,9-10H2,2-6H3,(H2,25,26)/b16-8+/t13-,15-/m0/s1. The van der Waals surface area contributed by atoms with Gasteiger partial charge in [-0.15, -0.1) is 5.10 Å². The van der Waals surface area contributed by atoms with Crippen molar-refractivity contribution >= 4 is 28.4 Å². The molecule has 3 rings (SSSR count). The van der Waals surface area contributed by atoms with E-state index in [0.29, 0.717) is 33.5 Å². The highest BCUT2D eigenvalue weighted by atomic mass is 19.1. The van der Waals surface area contributed by atoms with Crippen molar-refractivity contribution in [3.63, 3.8) is 0 Å². The minimum absolute atomic E-state index is 0.0237. The Bertz CT molecular complexity index is 1180. The number of hydrogen-bond acceptors (Lipinski definition) is 5. The van der Waals surface area contributed by atoms with E-state index in [9.17, 15) is 9.18 Å². The number of anilines is 1. The van der Waals surface area contributed by atoms with E-state index in [1.165, 1.54) is 16.6 Å². The van der Waals surface area contributed by atoms with Gasteiger partial charge in [-0.1, -0.05) is 25.7 Å². The third kappa shape index (κ3) is 4.28. The van der Waals surface area contributed by atoms with E-state index in [2.05, 4.69) is 21.6 Å². The number of hydrogen-bond donors (Lipinski definition) is 1. The Balaban J connectivity index is 1.82. The van der Waals surface area contributed by atoms with E-state index < -0.39 is 0 Å². The molecule has 2 N–H and O–H groups in total. The van der Waals surface area contributed by atoms with E-state index in [4.69, 9.17) is 5.73 Å². The Morgan fingerprint density at radius 3 is 2.68 bits per heavy atom. The van der Waals surface area contributed by atoms with Crippen molar-refractivity contribution in [2.75, 3.05) is 12.8 Å². The van der Waals surface area contributed by atoms with E-state index >= 15 is 0 Å². The van der Waals surface area contributed by atoms with Gasteiger partial charge in [-0.2, -0.15) is 4.52 Å². The number of likely N-dealkylation sites (N-methyl/N-ethyl adjacent to an activating group) is 1. The number of nitrogen functional groups attached to an aromatic ring is 1. The molecule has 0 unspecified atom stereocenters. The third-order valence-corrected chi connectivity index (χ3v) is 5.79. The number of allylic oxidation sites excluding steroid dienone is 1. The molecule has 0 aliphatic carbocycles. The summed E-state index contributed by atoms with van der Waals surface area (Å²) in [4.78, 5) is 23.3. The highest BCUT2D eigenvalue weighted by molar-refractivity contribution is 5.96. The van der Waals surface area contributed by atoms with Crippen LogP contribution in [0.5, 0.6) is 0 Å². The summed E-state index contributed by atoms with van der Waals surface area (Å²) in [5.74, 6) is 0.453. The Morgan fingerprint density at radius 1 is 1.32 bits per heavy atom. The molecule has 2 heterocycles. The monoisotopic (exact) mass is 424 g/mol. The smallest absolute Gasteiger partial charge is 0.253 e. The lowest BCUT2D eigenvalue weighted by molar-refractivity contribution is -0.127. The average molecular weight is 425 g/mol. The van der Waals surface area contributed by atoms with Crippen LogP contribution in [0, 0.1) is 12.7 Å². The number of halogens is 1. The average Bonchev–Trinajstić information content (AvgIpc) is 3.19. The van der Waals surface area contributed by atoms with Gasteiger partial charge in [-0.25, -0.2) is 14.4 Å². The first-order valence-electron chi connectivity index (χ1n) is 10.4. The molecule has 0 bridgehead atoms. The fourth-order valence-corrected chi connectivity index (χ4v) is 3.63. The molecular weight excluding hydrogens is 395 g/mol. The van der Waals surface area contributed by atoms with Gasteiger partial charge in [0.25, 0.3) is 5.91 Å². The zero-order valence-electron chi connectivity index (χ0n) is 18.7. The molecule has 0 aliphatic rings. The van der Waals surface area contributed by atoms with E-state index in [0.717, 1.165) is 12.8 Å². The summed E-state index contributed by atoms with van der Waals surface area (Å²) < 4.78 is 15.5. The largest absolute Gasteiger partial charge is 0.368 e. The van der Waals surface area contributed by atoms with Gasteiger partial charge in [0.05, 0.1) is 5.52 Å². The normalized spacial score (nSPS) is 14.1. The van der Waals surface area contributed by atoms with Crippen LogP contribution in [0.4, 0.5) is 10.3 Å². The number of amides is 1. The molecule has 2 atom stereocenters. The van der Waals surface area contributed by atoms with Crippen LogP contribution in [0.25, 0.3) is 16.6 Å². The van der Waals surface area contributed by atoms with Crippen LogP contribution < -0.4 is 5.73 Å². The lowest BCUT2D eigenvalue weighted by Gasteiger charge is -2.26. The molecule has 0 saturated carbocycles. The van der Waals surface area contributed by atoms with Crippen LogP contribution in [0.3, 0.4) is 0 Å². The minimum atomic E-state index is -0.349. The van der Waals surface area contributed by atoms with Gasteiger partial charge in [0.15, 0.2) is 11.5 Å². The first-order chi connectivity index (χ1) is 14.7. The summed E-state index contributed by atoms with van der Waals surface area (Å²) in [6.07, 6.45) is 4.88. The zero-order chi connectivity index (χ0) is 22.9. The van der Waals surface area contributed by atoms with Gasteiger partial charge in [0.1, 0.15) is 5.82 Å². The molecule has 1 aromatic carbocycles. The van der Waals surface area contributed by atoms with Crippen molar-refractivity contribution in [1.29, 1.82) is 0 Å². The second-order valence-corrected chi connectivity index (χ2v) is 7.99. The highest BCUT2D eigenvalue weighted by Crippen LogP contribution is 2.27. The zero-order valence-corrected chi connectivity index (χ0v) is 18.7. The topological polar surface area (TPSA) is 89.4 Å².